The van der Waals surface area contributed by atoms with E-state index < -0.39 is 30.5 Å². The first kappa shape index (κ1) is 20.1. The average molecular weight is 372 g/mol. The van der Waals surface area contributed by atoms with E-state index in [4.69, 9.17) is 9.84 Å². The predicted molar refractivity (Wildman–Crippen MR) is 86.5 cm³/mol. The molecule has 0 aliphatic carbocycles. The predicted octanol–water partition coefficient (Wildman–Crippen LogP) is -1.75. The molecule has 3 saturated heterocycles. The number of imide groups is 2. The number of aliphatic hydroxyl groups excluding tert-OH is 2. The van der Waals surface area contributed by atoms with Gasteiger partial charge in [-0.05, 0) is 6.92 Å². The largest absolute Gasteiger partial charge is 0.394 e. The van der Waals surface area contributed by atoms with E-state index in [0.29, 0.717) is 6.42 Å². The van der Waals surface area contributed by atoms with Crippen molar-refractivity contribution in [3.05, 3.63) is 0 Å². The zero-order valence-electron chi connectivity index (χ0n) is 14.6. The third-order valence-corrected chi connectivity index (χ3v) is 4.26. The highest BCUT2D eigenvalue weighted by molar-refractivity contribution is 5.98. The second kappa shape index (κ2) is 8.43. The summed E-state index contributed by atoms with van der Waals surface area (Å²) < 4.78 is 5.37. The van der Waals surface area contributed by atoms with Gasteiger partial charge in [-0.2, -0.15) is 0 Å². The number of hydrogen-bond acceptors (Lipinski definition) is 7. The number of aliphatic hydroxyl groups is 2. The molecule has 11 nitrogen and oxygen atoms in total. The molecule has 0 bridgehead atoms. The highest BCUT2D eigenvalue weighted by Crippen LogP contribution is 2.25. The minimum Gasteiger partial charge on any atom is -0.394 e. The molecule has 0 aromatic heterocycles. The van der Waals surface area contributed by atoms with Gasteiger partial charge in [0.2, 0.25) is 11.8 Å². The lowest BCUT2D eigenvalue weighted by Gasteiger charge is -2.34. The minimum atomic E-state index is -0.786. The van der Waals surface area contributed by atoms with Crippen LogP contribution in [-0.2, 0) is 14.3 Å². The lowest BCUT2D eigenvalue weighted by molar-refractivity contribution is -0.128. The first-order chi connectivity index (χ1) is 12.2. The van der Waals surface area contributed by atoms with Crippen molar-refractivity contribution in [3.63, 3.8) is 0 Å². The molecular weight excluding hydrogens is 348 g/mol. The fraction of sp³-hybridized carbons (Fsp3) is 0.733. The summed E-state index contributed by atoms with van der Waals surface area (Å²) in [5.41, 5.74) is 0. The van der Waals surface area contributed by atoms with Gasteiger partial charge in [-0.15, -0.1) is 0 Å². The van der Waals surface area contributed by atoms with Crippen LogP contribution in [0.15, 0.2) is 0 Å². The Morgan fingerprint density at radius 3 is 2.42 bits per heavy atom. The summed E-state index contributed by atoms with van der Waals surface area (Å²) in [4.78, 5) is 45.2. The number of ether oxygens (including phenoxy) is 1. The van der Waals surface area contributed by atoms with Crippen LogP contribution in [0.4, 0.5) is 9.59 Å². The number of carbonyl (C=O) groups excluding carboxylic acids is 4. The van der Waals surface area contributed by atoms with Crippen molar-refractivity contribution in [2.24, 2.45) is 5.92 Å². The number of carbonyl (C=O) groups is 4. The van der Waals surface area contributed by atoms with Gasteiger partial charge < -0.3 is 20.3 Å². The molecule has 3 heterocycles. The Morgan fingerprint density at radius 1 is 1.19 bits per heavy atom. The van der Waals surface area contributed by atoms with Crippen molar-refractivity contribution < 1.29 is 34.1 Å². The molecule has 2 unspecified atom stereocenters. The van der Waals surface area contributed by atoms with E-state index >= 15 is 0 Å². The lowest BCUT2D eigenvalue weighted by atomic mass is 10.1. The first-order valence-corrected chi connectivity index (χ1v) is 8.37. The van der Waals surface area contributed by atoms with E-state index in [2.05, 4.69) is 16.0 Å². The van der Waals surface area contributed by atoms with Crippen molar-refractivity contribution in [1.82, 2.24) is 20.9 Å². The zero-order valence-corrected chi connectivity index (χ0v) is 14.6. The van der Waals surface area contributed by atoms with Crippen LogP contribution in [0.5, 0.6) is 0 Å². The number of rotatable bonds is 2. The molecule has 3 aliphatic heterocycles. The number of urea groups is 2. The van der Waals surface area contributed by atoms with Crippen LogP contribution in [0.2, 0.25) is 0 Å². The van der Waals surface area contributed by atoms with Crippen LogP contribution in [0.1, 0.15) is 26.7 Å². The van der Waals surface area contributed by atoms with Gasteiger partial charge in [0.15, 0.2) is 0 Å². The Bertz CT molecular complexity index is 568. The van der Waals surface area contributed by atoms with Crippen LogP contribution in [0, 0.1) is 5.92 Å². The van der Waals surface area contributed by atoms with E-state index in [0.717, 1.165) is 0 Å². The lowest BCUT2D eigenvalue weighted by Crippen LogP contribution is -2.57. The number of nitrogens with one attached hydrogen (secondary N) is 3. The third kappa shape index (κ3) is 4.90. The molecule has 0 aromatic carbocycles. The number of amides is 6. The van der Waals surface area contributed by atoms with Gasteiger partial charge >= 0.3 is 12.1 Å². The summed E-state index contributed by atoms with van der Waals surface area (Å²) in [6, 6.07) is -0.922. The van der Waals surface area contributed by atoms with E-state index in [1.807, 2.05) is 0 Å². The topological polar surface area (TPSA) is 157 Å². The maximum atomic E-state index is 11.6. The van der Waals surface area contributed by atoms with Crippen molar-refractivity contribution >= 4 is 23.9 Å². The molecular formula is C15H24N4O7. The zero-order chi connectivity index (χ0) is 19.4. The molecule has 0 saturated carbocycles. The molecule has 5 N–H and O–H groups in total. The standard InChI is InChI=1S/C10H16N2O5.C5H8N2O2/c1-5-3-12(10(16)11-9(5)15)8-2-6(14)7(4-13)17-8;1-3-2-4(8)7-5(9)6-3/h5-8,13-14H,2-4H2,1H3,(H,11,15,16);3H,2H2,1H3,(H2,6,7,8,9)/t5?,6-,7+,8+;/m0./s1. The van der Waals surface area contributed by atoms with Crippen molar-refractivity contribution in [2.75, 3.05) is 13.2 Å². The highest BCUT2D eigenvalue weighted by atomic mass is 16.5. The quantitative estimate of drug-likeness (QED) is 0.384. The van der Waals surface area contributed by atoms with Gasteiger partial charge in [0.1, 0.15) is 12.3 Å². The van der Waals surface area contributed by atoms with E-state index in [-0.39, 0.29) is 43.3 Å². The Labute approximate surface area is 150 Å². The van der Waals surface area contributed by atoms with Crippen LogP contribution >= 0.6 is 0 Å². The molecule has 11 heteroatoms. The normalized spacial score (nSPS) is 34.5. The molecule has 0 spiro atoms. The smallest absolute Gasteiger partial charge is 0.326 e. The van der Waals surface area contributed by atoms with Gasteiger partial charge in [-0.25, -0.2) is 9.59 Å². The molecule has 146 valence electrons. The SMILES string of the molecule is CC1CC(=O)NC(=O)N1.CC1CN([C@H]2C[C@H](O)[C@@H](CO)O2)C(=O)NC1=O. The van der Waals surface area contributed by atoms with Gasteiger partial charge in [0.25, 0.3) is 0 Å². The molecule has 3 fully saturated rings. The van der Waals surface area contributed by atoms with Gasteiger partial charge in [-0.3, -0.25) is 25.1 Å². The minimum absolute atomic E-state index is 0.0220. The van der Waals surface area contributed by atoms with Gasteiger partial charge in [0.05, 0.1) is 18.6 Å². The van der Waals surface area contributed by atoms with Crippen molar-refractivity contribution in [3.8, 4) is 0 Å². The molecule has 3 aliphatic rings. The molecule has 26 heavy (non-hydrogen) atoms. The summed E-state index contributed by atoms with van der Waals surface area (Å²) in [5.74, 6) is -0.809. The van der Waals surface area contributed by atoms with Crippen LogP contribution < -0.4 is 16.0 Å². The second-order valence-electron chi connectivity index (χ2n) is 6.59. The number of hydrogen-bond donors (Lipinski definition) is 5. The van der Waals surface area contributed by atoms with Gasteiger partial charge in [-0.1, -0.05) is 6.92 Å². The fourth-order valence-electron chi connectivity index (χ4n) is 2.85. The Morgan fingerprint density at radius 2 is 1.88 bits per heavy atom. The van der Waals surface area contributed by atoms with Crippen molar-refractivity contribution in [2.45, 2.75) is 51.2 Å². The molecule has 0 aromatic rings. The summed E-state index contributed by atoms with van der Waals surface area (Å²) in [6.07, 6.45) is -1.41. The average Bonchev–Trinajstić information content (AvgIpc) is 2.91. The monoisotopic (exact) mass is 372 g/mol. The van der Waals surface area contributed by atoms with Crippen molar-refractivity contribution in [1.29, 1.82) is 0 Å². The molecule has 6 amide bonds. The van der Waals surface area contributed by atoms with E-state index in [1.54, 1.807) is 13.8 Å². The summed E-state index contributed by atoms with van der Waals surface area (Å²) in [5, 5.41) is 25.4. The fourth-order valence-corrected chi connectivity index (χ4v) is 2.85. The maximum absolute atomic E-state index is 11.6. The summed E-state index contributed by atoms with van der Waals surface area (Å²) in [7, 11) is 0. The number of nitrogens with zero attached hydrogens (tertiary/aromatic N) is 1. The summed E-state index contributed by atoms with van der Waals surface area (Å²) >= 11 is 0. The van der Waals surface area contributed by atoms with Crippen LogP contribution in [-0.4, -0.2) is 76.6 Å². The summed E-state index contributed by atoms with van der Waals surface area (Å²) in [6.45, 7) is 3.47. The molecule has 5 atom stereocenters. The van der Waals surface area contributed by atoms with Gasteiger partial charge in [0, 0.05) is 25.4 Å². The van der Waals surface area contributed by atoms with Crippen LogP contribution in [0.25, 0.3) is 0 Å². The molecule has 3 rings (SSSR count). The Balaban J connectivity index is 0.000000228. The Hall–Kier alpha value is -2.24. The Kier molecular flexibility index (Phi) is 6.51. The second-order valence-corrected chi connectivity index (χ2v) is 6.59. The molecule has 0 radical (unpaired) electrons. The first-order valence-electron chi connectivity index (χ1n) is 8.37. The maximum Gasteiger partial charge on any atom is 0.326 e. The van der Waals surface area contributed by atoms with E-state index in [1.165, 1.54) is 4.90 Å². The van der Waals surface area contributed by atoms with E-state index in [9.17, 15) is 24.3 Å². The van der Waals surface area contributed by atoms with Crippen LogP contribution in [0.3, 0.4) is 0 Å². The third-order valence-electron chi connectivity index (χ3n) is 4.26. The highest BCUT2D eigenvalue weighted by Gasteiger charge is 2.41.